The largest absolute Gasteiger partial charge is 0.378 e. The van der Waals surface area contributed by atoms with Gasteiger partial charge in [0, 0.05) is 19.4 Å². The molecule has 0 spiro atoms. The lowest BCUT2D eigenvalue weighted by Crippen LogP contribution is -2.05. The maximum atomic E-state index is 11.0. The molecule has 0 amide bonds. The van der Waals surface area contributed by atoms with Gasteiger partial charge < -0.3 is 4.74 Å². The summed E-state index contributed by atoms with van der Waals surface area (Å²) in [7, 11) is 0. The molecule has 0 bridgehead atoms. The third-order valence-electron chi connectivity index (χ3n) is 3.51. The molecule has 80 valence electrons. The summed E-state index contributed by atoms with van der Waals surface area (Å²) in [6.45, 7) is 0.965. The van der Waals surface area contributed by atoms with E-state index in [2.05, 4.69) is 0 Å². The van der Waals surface area contributed by atoms with Gasteiger partial charge in [-0.25, -0.2) is 0 Å². The number of carbonyl (C=O) groups is 1. The molecule has 14 heavy (non-hydrogen) atoms. The summed E-state index contributed by atoms with van der Waals surface area (Å²) in [4.78, 5) is 11.0. The molecule has 2 aliphatic rings. The standard InChI is InChI=1S/C12H20O2/c13-11-7-6-10(9-11)3-1-4-12-5-2-8-14-12/h10,12H,1-9H2. The molecule has 2 fully saturated rings. The monoisotopic (exact) mass is 196 g/mol. The van der Waals surface area contributed by atoms with E-state index in [1.165, 1.54) is 32.1 Å². The Balaban J connectivity index is 1.56. The first-order valence-corrected chi connectivity index (χ1v) is 5.98. The van der Waals surface area contributed by atoms with Crippen molar-refractivity contribution in [2.45, 2.75) is 57.5 Å². The van der Waals surface area contributed by atoms with Crippen LogP contribution in [0.3, 0.4) is 0 Å². The highest BCUT2D eigenvalue weighted by atomic mass is 16.5. The van der Waals surface area contributed by atoms with Gasteiger partial charge in [-0.15, -0.1) is 0 Å². The van der Waals surface area contributed by atoms with Gasteiger partial charge in [-0.05, 0) is 38.0 Å². The number of Topliss-reactive ketones (excluding diaryl/α,β-unsaturated/α-hetero) is 1. The molecule has 2 heteroatoms. The van der Waals surface area contributed by atoms with Gasteiger partial charge in [0.2, 0.25) is 0 Å². The van der Waals surface area contributed by atoms with Crippen LogP contribution in [0.1, 0.15) is 51.4 Å². The molecule has 0 N–H and O–H groups in total. The number of carbonyl (C=O) groups excluding carboxylic acids is 1. The first kappa shape index (κ1) is 10.2. The van der Waals surface area contributed by atoms with Crippen molar-refractivity contribution in [1.82, 2.24) is 0 Å². The van der Waals surface area contributed by atoms with Crippen molar-refractivity contribution in [2.75, 3.05) is 6.61 Å². The molecule has 2 rings (SSSR count). The number of hydrogen-bond donors (Lipinski definition) is 0. The van der Waals surface area contributed by atoms with E-state index in [4.69, 9.17) is 4.74 Å². The van der Waals surface area contributed by atoms with Crippen molar-refractivity contribution < 1.29 is 9.53 Å². The molecule has 0 aromatic carbocycles. The third kappa shape index (κ3) is 2.81. The maximum Gasteiger partial charge on any atom is 0.133 e. The third-order valence-corrected chi connectivity index (χ3v) is 3.51. The van der Waals surface area contributed by atoms with Crippen LogP contribution < -0.4 is 0 Å². The highest BCUT2D eigenvalue weighted by Gasteiger charge is 2.22. The van der Waals surface area contributed by atoms with Gasteiger partial charge in [0.25, 0.3) is 0 Å². The van der Waals surface area contributed by atoms with E-state index in [1.807, 2.05) is 0 Å². The summed E-state index contributed by atoms with van der Waals surface area (Å²) in [5.74, 6) is 1.18. The Morgan fingerprint density at radius 2 is 2.21 bits per heavy atom. The van der Waals surface area contributed by atoms with E-state index in [1.54, 1.807) is 0 Å². The molecule has 1 aliphatic heterocycles. The Hall–Kier alpha value is -0.370. The fourth-order valence-corrected chi connectivity index (χ4v) is 2.64. The second-order valence-electron chi connectivity index (χ2n) is 4.71. The predicted molar refractivity (Wildman–Crippen MR) is 55.2 cm³/mol. The van der Waals surface area contributed by atoms with Crippen LogP contribution in [0.4, 0.5) is 0 Å². The first-order chi connectivity index (χ1) is 6.84. The molecular weight excluding hydrogens is 176 g/mol. The smallest absolute Gasteiger partial charge is 0.133 e. The van der Waals surface area contributed by atoms with Crippen LogP contribution in [0.2, 0.25) is 0 Å². The lowest BCUT2D eigenvalue weighted by atomic mass is 9.98. The maximum absolute atomic E-state index is 11.0. The minimum Gasteiger partial charge on any atom is -0.378 e. The zero-order valence-electron chi connectivity index (χ0n) is 8.84. The summed E-state index contributed by atoms with van der Waals surface area (Å²) >= 11 is 0. The number of ketones is 1. The summed E-state index contributed by atoms with van der Waals surface area (Å²) in [5.41, 5.74) is 0. The van der Waals surface area contributed by atoms with Crippen LogP contribution in [0.5, 0.6) is 0 Å². The van der Waals surface area contributed by atoms with E-state index < -0.39 is 0 Å². The van der Waals surface area contributed by atoms with E-state index in [0.29, 0.717) is 17.8 Å². The number of ether oxygens (including phenoxy) is 1. The van der Waals surface area contributed by atoms with Crippen LogP contribution >= 0.6 is 0 Å². The Labute approximate surface area is 86.0 Å². The zero-order valence-corrected chi connectivity index (χ0v) is 8.84. The van der Waals surface area contributed by atoms with E-state index in [-0.39, 0.29) is 0 Å². The molecule has 1 saturated carbocycles. The lowest BCUT2D eigenvalue weighted by molar-refractivity contribution is -0.117. The molecule has 0 radical (unpaired) electrons. The van der Waals surface area contributed by atoms with Crippen molar-refractivity contribution in [1.29, 1.82) is 0 Å². The van der Waals surface area contributed by atoms with Crippen LogP contribution in [0.15, 0.2) is 0 Å². The fraction of sp³-hybridized carbons (Fsp3) is 0.917. The van der Waals surface area contributed by atoms with Crippen LogP contribution in [0.25, 0.3) is 0 Å². The molecule has 0 aromatic rings. The second-order valence-corrected chi connectivity index (χ2v) is 4.71. The molecule has 1 heterocycles. The van der Waals surface area contributed by atoms with Crippen LogP contribution in [0, 0.1) is 5.92 Å². The molecular formula is C12H20O2. The quantitative estimate of drug-likeness (QED) is 0.691. The number of hydrogen-bond acceptors (Lipinski definition) is 2. The average Bonchev–Trinajstić information content (AvgIpc) is 2.77. The van der Waals surface area contributed by atoms with Crippen LogP contribution in [-0.4, -0.2) is 18.5 Å². The zero-order chi connectivity index (χ0) is 9.80. The highest BCUT2D eigenvalue weighted by molar-refractivity contribution is 5.80. The minimum absolute atomic E-state index is 0.479. The SMILES string of the molecule is O=C1CCC(CCCC2CCCO2)C1. The molecule has 2 atom stereocenters. The second kappa shape index (κ2) is 4.92. The van der Waals surface area contributed by atoms with Crippen molar-refractivity contribution >= 4 is 5.78 Å². The summed E-state index contributed by atoms with van der Waals surface area (Å²) in [6, 6.07) is 0. The lowest BCUT2D eigenvalue weighted by Gasteiger charge is -2.11. The van der Waals surface area contributed by atoms with Gasteiger partial charge in [0.05, 0.1) is 6.10 Å². The van der Waals surface area contributed by atoms with Gasteiger partial charge in [0.15, 0.2) is 0 Å². The van der Waals surface area contributed by atoms with Crippen molar-refractivity contribution in [3.63, 3.8) is 0 Å². The Kier molecular flexibility index (Phi) is 3.57. The Morgan fingerprint density at radius 1 is 1.29 bits per heavy atom. The van der Waals surface area contributed by atoms with Crippen LogP contribution in [-0.2, 0) is 9.53 Å². The molecule has 2 nitrogen and oxygen atoms in total. The van der Waals surface area contributed by atoms with Gasteiger partial charge >= 0.3 is 0 Å². The topological polar surface area (TPSA) is 26.3 Å². The molecule has 1 saturated heterocycles. The number of rotatable bonds is 4. The first-order valence-electron chi connectivity index (χ1n) is 5.98. The van der Waals surface area contributed by atoms with Crippen molar-refractivity contribution in [3.05, 3.63) is 0 Å². The normalized spacial score (nSPS) is 32.7. The van der Waals surface area contributed by atoms with E-state index >= 15 is 0 Å². The fourth-order valence-electron chi connectivity index (χ4n) is 2.64. The highest BCUT2D eigenvalue weighted by Crippen LogP contribution is 2.28. The summed E-state index contributed by atoms with van der Waals surface area (Å²) in [5, 5.41) is 0. The minimum atomic E-state index is 0.479. The van der Waals surface area contributed by atoms with Gasteiger partial charge in [-0.2, -0.15) is 0 Å². The summed E-state index contributed by atoms with van der Waals surface area (Å²) < 4.78 is 5.57. The van der Waals surface area contributed by atoms with Gasteiger partial charge in [-0.1, -0.05) is 6.42 Å². The Bertz CT molecular complexity index is 194. The Morgan fingerprint density at radius 3 is 2.86 bits per heavy atom. The average molecular weight is 196 g/mol. The summed E-state index contributed by atoms with van der Waals surface area (Å²) in [6.07, 6.45) is 9.57. The van der Waals surface area contributed by atoms with E-state index in [9.17, 15) is 4.79 Å². The molecule has 1 aliphatic carbocycles. The predicted octanol–water partition coefficient (Wildman–Crippen LogP) is 2.70. The van der Waals surface area contributed by atoms with E-state index in [0.717, 1.165) is 25.9 Å². The van der Waals surface area contributed by atoms with Gasteiger partial charge in [-0.3, -0.25) is 4.79 Å². The van der Waals surface area contributed by atoms with Crippen molar-refractivity contribution in [2.24, 2.45) is 5.92 Å². The van der Waals surface area contributed by atoms with Gasteiger partial charge in [0.1, 0.15) is 5.78 Å². The molecule has 0 aromatic heterocycles. The molecule has 2 unspecified atom stereocenters. The van der Waals surface area contributed by atoms with Crippen molar-refractivity contribution in [3.8, 4) is 0 Å².